The first-order valence-electron chi connectivity index (χ1n) is 6.77. The summed E-state index contributed by atoms with van der Waals surface area (Å²) in [5.41, 5.74) is 1.84. The van der Waals surface area contributed by atoms with Crippen LogP contribution >= 0.6 is 0 Å². The van der Waals surface area contributed by atoms with Crippen LogP contribution in [0.15, 0.2) is 54.7 Å². The van der Waals surface area contributed by atoms with Gasteiger partial charge in [0.15, 0.2) is 5.82 Å². The molecule has 0 unspecified atom stereocenters. The van der Waals surface area contributed by atoms with E-state index in [9.17, 15) is 5.11 Å². The summed E-state index contributed by atoms with van der Waals surface area (Å²) >= 11 is 0. The topological polar surface area (TPSA) is 50.9 Å². The molecular weight excluding hydrogens is 262 g/mol. The van der Waals surface area contributed by atoms with Gasteiger partial charge >= 0.3 is 0 Å². The second-order valence-corrected chi connectivity index (χ2v) is 5.02. The number of rotatable bonds is 1. The maximum Gasteiger partial charge on any atom is 0.154 e. The van der Waals surface area contributed by atoms with E-state index >= 15 is 0 Å². The van der Waals surface area contributed by atoms with Crippen LogP contribution in [-0.2, 0) is 0 Å². The fourth-order valence-electron chi connectivity index (χ4n) is 2.74. The predicted octanol–water partition coefficient (Wildman–Crippen LogP) is 3.59. The molecule has 0 aliphatic rings. The Morgan fingerprint density at radius 1 is 0.952 bits per heavy atom. The number of pyridine rings is 1. The zero-order valence-corrected chi connectivity index (χ0v) is 11.5. The van der Waals surface area contributed by atoms with Gasteiger partial charge in [-0.1, -0.05) is 30.3 Å². The summed E-state index contributed by atoms with van der Waals surface area (Å²) in [5, 5.41) is 17.5. The van der Waals surface area contributed by atoms with Crippen molar-refractivity contribution >= 4 is 21.7 Å². The number of phenolic OH excluding ortho intramolecular Hbond substituents is 1. The molecule has 2 aromatic carbocycles. The van der Waals surface area contributed by atoms with E-state index < -0.39 is 0 Å². The lowest BCUT2D eigenvalue weighted by Crippen LogP contribution is -1.99. The van der Waals surface area contributed by atoms with Gasteiger partial charge < -0.3 is 5.11 Å². The van der Waals surface area contributed by atoms with Gasteiger partial charge in [0.1, 0.15) is 5.75 Å². The molecular formula is C17H13N3O. The van der Waals surface area contributed by atoms with Crippen LogP contribution in [0.5, 0.6) is 5.75 Å². The van der Waals surface area contributed by atoms with Crippen LogP contribution in [0.2, 0.25) is 0 Å². The SMILES string of the molecule is Cc1nn(-c2ccccn2)c2c1cc(O)c1ccccc12. The Labute approximate surface area is 121 Å². The first kappa shape index (κ1) is 11.9. The van der Waals surface area contributed by atoms with Gasteiger partial charge in [-0.05, 0) is 25.1 Å². The lowest BCUT2D eigenvalue weighted by Gasteiger charge is -2.06. The number of fused-ring (bicyclic) bond motifs is 3. The Hall–Kier alpha value is -2.88. The summed E-state index contributed by atoms with van der Waals surface area (Å²) in [6, 6.07) is 15.3. The van der Waals surface area contributed by atoms with Crippen molar-refractivity contribution in [1.29, 1.82) is 0 Å². The highest BCUT2D eigenvalue weighted by Gasteiger charge is 2.15. The van der Waals surface area contributed by atoms with Crippen molar-refractivity contribution in [1.82, 2.24) is 14.8 Å². The highest BCUT2D eigenvalue weighted by Crippen LogP contribution is 2.34. The third-order valence-electron chi connectivity index (χ3n) is 3.71. The Morgan fingerprint density at radius 2 is 1.71 bits per heavy atom. The van der Waals surface area contributed by atoms with Crippen LogP contribution in [-0.4, -0.2) is 19.9 Å². The fraction of sp³-hybridized carbons (Fsp3) is 0.0588. The number of hydrogen-bond acceptors (Lipinski definition) is 3. The number of aryl methyl sites for hydroxylation is 1. The van der Waals surface area contributed by atoms with Crippen LogP contribution in [0.1, 0.15) is 5.69 Å². The minimum atomic E-state index is 0.279. The summed E-state index contributed by atoms with van der Waals surface area (Å²) in [5.74, 6) is 1.05. The van der Waals surface area contributed by atoms with Crippen molar-refractivity contribution in [3.05, 3.63) is 60.4 Å². The van der Waals surface area contributed by atoms with Gasteiger partial charge in [0.05, 0.1) is 11.2 Å². The Balaban J connectivity index is 2.21. The van der Waals surface area contributed by atoms with Gasteiger partial charge in [-0.25, -0.2) is 9.67 Å². The molecule has 0 bridgehead atoms. The Bertz CT molecular complexity index is 958. The maximum absolute atomic E-state index is 10.2. The highest BCUT2D eigenvalue weighted by molar-refractivity contribution is 6.09. The van der Waals surface area contributed by atoms with E-state index in [1.165, 1.54) is 0 Å². The van der Waals surface area contributed by atoms with E-state index in [4.69, 9.17) is 0 Å². The standard InChI is InChI=1S/C17H13N3O/c1-11-14-10-15(21)12-6-2-3-7-13(12)17(14)20(19-11)16-8-4-5-9-18-16/h2-10,21H,1H3. The molecule has 21 heavy (non-hydrogen) atoms. The first-order chi connectivity index (χ1) is 10.3. The van der Waals surface area contributed by atoms with Gasteiger partial charge in [0.25, 0.3) is 0 Å². The number of benzene rings is 2. The Kier molecular flexibility index (Phi) is 2.44. The fourth-order valence-corrected chi connectivity index (χ4v) is 2.74. The van der Waals surface area contributed by atoms with Crippen molar-refractivity contribution in [2.45, 2.75) is 6.92 Å². The lowest BCUT2D eigenvalue weighted by molar-refractivity contribution is 0.482. The maximum atomic E-state index is 10.2. The van der Waals surface area contributed by atoms with Gasteiger partial charge in [-0.15, -0.1) is 0 Å². The smallest absolute Gasteiger partial charge is 0.154 e. The van der Waals surface area contributed by atoms with Crippen molar-refractivity contribution in [3.8, 4) is 11.6 Å². The number of phenols is 1. The van der Waals surface area contributed by atoms with Gasteiger partial charge in [0.2, 0.25) is 0 Å². The molecule has 0 aliphatic carbocycles. The third kappa shape index (κ3) is 1.69. The average molecular weight is 275 g/mol. The summed E-state index contributed by atoms with van der Waals surface area (Å²) < 4.78 is 1.84. The molecule has 0 spiro atoms. The molecule has 2 heterocycles. The summed E-state index contributed by atoms with van der Waals surface area (Å²) in [4.78, 5) is 4.38. The molecule has 0 amide bonds. The highest BCUT2D eigenvalue weighted by atomic mass is 16.3. The number of nitrogens with zero attached hydrogens (tertiary/aromatic N) is 3. The van der Waals surface area contributed by atoms with Gasteiger partial charge in [-0.2, -0.15) is 5.10 Å². The largest absolute Gasteiger partial charge is 0.507 e. The average Bonchev–Trinajstić information content (AvgIpc) is 2.86. The monoisotopic (exact) mass is 275 g/mol. The van der Waals surface area contributed by atoms with E-state index in [2.05, 4.69) is 10.1 Å². The summed E-state index contributed by atoms with van der Waals surface area (Å²) in [6.07, 6.45) is 1.75. The molecule has 0 saturated carbocycles. The molecule has 0 aliphatic heterocycles. The zero-order chi connectivity index (χ0) is 14.4. The molecule has 102 valence electrons. The molecule has 0 fully saturated rings. The molecule has 0 radical (unpaired) electrons. The summed E-state index contributed by atoms with van der Waals surface area (Å²) in [7, 11) is 0. The number of hydrogen-bond donors (Lipinski definition) is 1. The van der Waals surface area contributed by atoms with E-state index in [-0.39, 0.29) is 5.75 Å². The molecule has 4 heteroatoms. The second-order valence-electron chi connectivity index (χ2n) is 5.02. The quantitative estimate of drug-likeness (QED) is 0.577. The molecule has 0 saturated heterocycles. The second kappa shape index (κ2) is 4.31. The van der Waals surface area contributed by atoms with E-state index in [1.54, 1.807) is 12.3 Å². The lowest BCUT2D eigenvalue weighted by atomic mass is 10.1. The minimum absolute atomic E-state index is 0.279. The normalized spacial score (nSPS) is 11.3. The molecule has 4 nitrogen and oxygen atoms in total. The van der Waals surface area contributed by atoms with Crippen molar-refractivity contribution in [2.24, 2.45) is 0 Å². The molecule has 4 rings (SSSR count). The van der Waals surface area contributed by atoms with E-state index in [0.29, 0.717) is 0 Å². The van der Waals surface area contributed by atoms with E-state index in [0.717, 1.165) is 33.2 Å². The van der Waals surface area contributed by atoms with Gasteiger partial charge in [-0.3, -0.25) is 0 Å². The molecule has 0 atom stereocenters. The van der Waals surface area contributed by atoms with Crippen LogP contribution in [0.25, 0.3) is 27.5 Å². The van der Waals surface area contributed by atoms with E-state index in [1.807, 2.05) is 54.1 Å². The number of aromatic nitrogens is 3. The van der Waals surface area contributed by atoms with Gasteiger partial charge in [0, 0.05) is 22.4 Å². The molecule has 1 N–H and O–H groups in total. The zero-order valence-electron chi connectivity index (χ0n) is 11.5. The molecule has 4 aromatic rings. The van der Waals surface area contributed by atoms with Crippen molar-refractivity contribution in [2.75, 3.05) is 0 Å². The van der Waals surface area contributed by atoms with Crippen LogP contribution in [0.4, 0.5) is 0 Å². The molecule has 2 aromatic heterocycles. The van der Waals surface area contributed by atoms with Crippen LogP contribution in [0, 0.1) is 6.92 Å². The van der Waals surface area contributed by atoms with Crippen LogP contribution in [0.3, 0.4) is 0 Å². The number of aromatic hydroxyl groups is 1. The van der Waals surface area contributed by atoms with Crippen molar-refractivity contribution in [3.63, 3.8) is 0 Å². The Morgan fingerprint density at radius 3 is 2.48 bits per heavy atom. The van der Waals surface area contributed by atoms with Crippen molar-refractivity contribution < 1.29 is 5.11 Å². The van der Waals surface area contributed by atoms with Crippen LogP contribution < -0.4 is 0 Å². The minimum Gasteiger partial charge on any atom is -0.507 e. The third-order valence-corrected chi connectivity index (χ3v) is 3.71. The predicted molar refractivity (Wildman–Crippen MR) is 82.8 cm³/mol. The summed E-state index contributed by atoms with van der Waals surface area (Å²) in [6.45, 7) is 1.94. The first-order valence-corrected chi connectivity index (χ1v) is 6.77.